The molecule has 0 bridgehead atoms. The predicted octanol–water partition coefficient (Wildman–Crippen LogP) is 3.65. The molecular formula is C23H30N2O3. The highest BCUT2D eigenvalue weighted by Gasteiger charge is 2.12. The van der Waals surface area contributed by atoms with Gasteiger partial charge in [0.1, 0.15) is 5.75 Å². The standard InChI is InChI=1S/C23H30N2O3/c1-19-6-3-4-7-22(19)28-15-5-8-23(26)24(2)18-20-9-11-21(12-10-20)25-13-16-27-17-14-25/h3-4,6-7,9-12H,5,8,13-18H2,1-2H3. The van der Waals surface area contributed by atoms with Crippen molar-refractivity contribution >= 4 is 11.6 Å². The van der Waals surface area contributed by atoms with Crippen molar-refractivity contribution in [3.05, 3.63) is 59.7 Å². The van der Waals surface area contributed by atoms with Crippen molar-refractivity contribution < 1.29 is 14.3 Å². The van der Waals surface area contributed by atoms with Crippen molar-refractivity contribution in [2.45, 2.75) is 26.3 Å². The summed E-state index contributed by atoms with van der Waals surface area (Å²) in [5.41, 5.74) is 3.48. The van der Waals surface area contributed by atoms with Crippen LogP contribution in [-0.4, -0.2) is 50.8 Å². The summed E-state index contributed by atoms with van der Waals surface area (Å²) in [6.45, 7) is 6.64. The summed E-state index contributed by atoms with van der Waals surface area (Å²) in [6.07, 6.45) is 1.21. The first kappa shape index (κ1) is 20.2. The second kappa shape index (κ2) is 10.1. The average Bonchev–Trinajstić information content (AvgIpc) is 2.73. The summed E-state index contributed by atoms with van der Waals surface area (Å²) in [4.78, 5) is 16.5. The number of carbonyl (C=O) groups is 1. The Labute approximate surface area is 167 Å². The van der Waals surface area contributed by atoms with E-state index in [1.54, 1.807) is 4.90 Å². The molecule has 150 valence electrons. The fourth-order valence-corrected chi connectivity index (χ4v) is 3.31. The summed E-state index contributed by atoms with van der Waals surface area (Å²) in [5.74, 6) is 1.04. The highest BCUT2D eigenvalue weighted by Crippen LogP contribution is 2.18. The van der Waals surface area contributed by atoms with Gasteiger partial charge in [-0.15, -0.1) is 0 Å². The SMILES string of the molecule is Cc1ccccc1OCCCC(=O)N(C)Cc1ccc(N2CCOCC2)cc1. The number of amides is 1. The van der Waals surface area contributed by atoms with E-state index in [2.05, 4.69) is 29.2 Å². The zero-order valence-electron chi connectivity index (χ0n) is 16.9. The fourth-order valence-electron chi connectivity index (χ4n) is 3.31. The van der Waals surface area contributed by atoms with Gasteiger partial charge in [0.15, 0.2) is 0 Å². The van der Waals surface area contributed by atoms with E-state index in [1.807, 2.05) is 38.2 Å². The van der Waals surface area contributed by atoms with Crippen LogP contribution in [0.2, 0.25) is 0 Å². The van der Waals surface area contributed by atoms with E-state index < -0.39 is 0 Å². The number of ether oxygens (including phenoxy) is 2. The molecule has 2 aromatic rings. The predicted molar refractivity (Wildman–Crippen MR) is 112 cm³/mol. The van der Waals surface area contributed by atoms with Crippen molar-refractivity contribution in [3.63, 3.8) is 0 Å². The molecule has 1 fully saturated rings. The maximum absolute atomic E-state index is 12.4. The zero-order chi connectivity index (χ0) is 19.8. The maximum atomic E-state index is 12.4. The second-order valence-electron chi connectivity index (χ2n) is 7.23. The van der Waals surface area contributed by atoms with Crippen molar-refractivity contribution in [3.8, 4) is 5.75 Å². The third-order valence-electron chi connectivity index (χ3n) is 5.04. The number of aryl methyl sites for hydroxylation is 1. The lowest BCUT2D eigenvalue weighted by Crippen LogP contribution is -2.36. The van der Waals surface area contributed by atoms with Gasteiger partial charge in [-0.25, -0.2) is 0 Å². The number of carbonyl (C=O) groups excluding carboxylic acids is 1. The van der Waals surface area contributed by atoms with Crippen molar-refractivity contribution in [1.29, 1.82) is 0 Å². The van der Waals surface area contributed by atoms with Gasteiger partial charge in [0, 0.05) is 38.8 Å². The van der Waals surface area contributed by atoms with Crippen LogP contribution in [0.15, 0.2) is 48.5 Å². The molecule has 0 saturated carbocycles. The molecule has 0 spiro atoms. The van der Waals surface area contributed by atoms with E-state index in [-0.39, 0.29) is 5.91 Å². The fraction of sp³-hybridized carbons (Fsp3) is 0.435. The minimum atomic E-state index is 0.144. The van der Waals surface area contributed by atoms with Crippen LogP contribution in [0.5, 0.6) is 5.75 Å². The summed E-state index contributed by atoms with van der Waals surface area (Å²) in [5, 5.41) is 0. The van der Waals surface area contributed by atoms with E-state index in [9.17, 15) is 4.79 Å². The van der Waals surface area contributed by atoms with Gasteiger partial charge in [-0.3, -0.25) is 4.79 Å². The first-order chi connectivity index (χ1) is 13.6. The number of anilines is 1. The Morgan fingerprint density at radius 3 is 2.54 bits per heavy atom. The lowest BCUT2D eigenvalue weighted by atomic mass is 10.1. The molecule has 2 aromatic carbocycles. The normalized spacial score (nSPS) is 14.0. The Balaban J connectivity index is 1.40. The van der Waals surface area contributed by atoms with Gasteiger partial charge < -0.3 is 19.3 Å². The van der Waals surface area contributed by atoms with Gasteiger partial charge in [0.25, 0.3) is 0 Å². The van der Waals surface area contributed by atoms with Crippen LogP contribution in [0.3, 0.4) is 0 Å². The lowest BCUT2D eigenvalue weighted by molar-refractivity contribution is -0.130. The van der Waals surface area contributed by atoms with Crippen LogP contribution in [0, 0.1) is 6.92 Å². The van der Waals surface area contributed by atoms with Gasteiger partial charge in [0.2, 0.25) is 5.91 Å². The molecule has 0 aliphatic carbocycles. The molecule has 0 aromatic heterocycles. The minimum absolute atomic E-state index is 0.144. The Hall–Kier alpha value is -2.53. The largest absolute Gasteiger partial charge is 0.493 e. The maximum Gasteiger partial charge on any atom is 0.222 e. The van der Waals surface area contributed by atoms with Gasteiger partial charge in [-0.1, -0.05) is 30.3 Å². The summed E-state index contributed by atoms with van der Waals surface area (Å²) < 4.78 is 11.2. The summed E-state index contributed by atoms with van der Waals surface area (Å²) in [7, 11) is 1.86. The van der Waals surface area contributed by atoms with Gasteiger partial charge in [-0.2, -0.15) is 0 Å². The average molecular weight is 383 g/mol. The Bertz CT molecular complexity index is 755. The molecule has 0 N–H and O–H groups in total. The van der Waals surface area contributed by atoms with Gasteiger partial charge in [-0.05, 0) is 42.7 Å². The highest BCUT2D eigenvalue weighted by atomic mass is 16.5. The molecule has 0 atom stereocenters. The summed E-state index contributed by atoms with van der Waals surface area (Å²) >= 11 is 0. The molecule has 28 heavy (non-hydrogen) atoms. The molecule has 5 heteroatoms. The third-order valence-corrected chi connectivity index (χ3v) is 5.04. The Morgan fingerprint density at radius 1 is 1.11 bits per heavy atom. The van der Waals surface area contributed by atoms with Gasteiger partial charge in [0.05, 0.1) is 19.8 Å². The van der Waals surface area contributed by atoms with E-state index in [4.69, 9.17) is 9.47 Å². The minimum Gasteiger partial charge on any atom is -0.493 e. The first-order valence-corrected chi connectivity index (χ1v) is 9.97. The number of benzene rings is 2. The van der Waals surface area contributed by atoms with Crippen molar-refractivity contribution in [2.24, 2.45) is 0 Å². The quantitative estimate of drug-likeness (QED) is 0.654. The van der Waals surface area contributed by atoms with Crippen LogP contribution < -0.4 is 9.64 Å². The van der Waals surface area contributed by atoms with Crippen molar-refractivity contribution in [2.75, 3.05) is 44.9 Å². The topological polar surface area (TPSA) is 42.0 Å². The molecule has 1 aliphatic rings. The lowest BCUT2D eigenvalue weighted by Gasteiger charge is -2.29. The first-order valence-electron chi connectivity index (χ1n) is 9.97. The molecule has 0 radical (unpaired) electrons. The number of nitrogens with zero attached hydrogens (tertiary/aromatic N) is 2. The monoisotopic (exact) mass is 382 g/mol. The van der Waals surface area contributed by atoms with Crippen LogP contribution in [0.1, 0.15) is 24.0 Å². The molecular weight excluding hydrogens is 352 g/mol. The number of para-hydroxylation sites is 1. The zero-order valence-corrected chi connectivity index (χ0v) is 16.9. The molecule has 3 rings (SSSR count). The molecule has 0 unspecified atom stereocenters. The Kier molecular flexibility index (Phi) is 7.31. The van der Waals surface area contributed by atoms with E-state index >= 15 is 0 Å². The van der Waals surface area contributed by atoms with E-state index in [1.165, 1.54) is 5.69 Å². The highest BCUT2D eigenvalue weighted by molar-refractivity contribution is 5.75. The number of hydrogen-bond acceptors (Lipinski definition) is 4. The molecule has 1 amide bonds. The van der Waals surface area contributed by atoms with Crippen LogP contribution in [0.25, 0.3) is 0 Å². The Morgan fingerprint density at radius 2 is 1.82 bits per heavy atom. The summed E-state index contributed by atoms with van der Waals surface area (Å²) in [6, 6.07) is 16.4. The van der Waals surface area contributed by atoms with Crippen molar-refractivity contribution in [1.82, 2.24) is 4.90 Å². The molecule has 1 heterocycles. The smallest absolute Gasteiger partial charge is 0.222 e. The third kappa shape index (κ3) is 5.73. The number of morpholine rings is 1. The number of rotatable bonds is 8. The second-order valence-corrected chi connectivity index (χ2v) is 7.23. The molecule has 1 aliphatic heterocycles. The van der Waals surface area contributed by atoms with Gasteiger partial charge >= 0.3 is 0 Å². The van der Waals surface area contributed by atoms with E-state index in [0.29, 0.717) is 26.0 Å². The van der Waals surface area contributed by atoms with Crippen LogP contribution >= 0.6 is 0 Å². The molecule has 5 nitrogen and oxygen atoms in total. The van der Waals surface area contributed by atoms with Crippen LogP contribution in [0.4, 0.5) is 5.69 Å². The van der Waals surface area contributed by atoms with E-state index in [0.717, 1.165) is 43.2 Å². The van der Waals surface area contributed by atoms with Crippen LogP contribution in [-0.2, 0) is 16.1 Å². The number of hydrogen-bond donors (Lipinski definition) is 0. The molecule has 1 saturated heterocycles.